The highest BCUT2D eigenvalue weighted by Gasteiger charge is 2.43. The van der Waals surface area contributed by atoms with Gasteiger partial charge in [0.15, 0.2) is 5.11 Å². The Kier molecular flexibility index (Phi) is 6.44. The molecule has 2 aromatic heterocycles. The molecule has 0 amide bonds. The molecule has 4 aromatic rings. The summed E-state index contributed by atoms with van der Waals surface area (Å²) in [7, 11) is 3.22. The van der Waals surface area contributed by atoms with Crippen molar-refractivity contribution in [3.63, 3.8) is 0 Å². The van der Waals surface area contributed by atoms with Crippen LogP contribution in [0, 0.1) is 5.82 Å². The van der Waals surface area contributed by atoms with E-state index < -0.39 is 0 Å². The predicted molar refractivity (Wildman–Crippen MR) is 139 cm³/mol. The predicted octanol–water partition coefficient (Wildman–Crippen LogP) is 6.44. The molecule has 0 bridgehead atoms. The molecular weight excluding hydrogens is 533 g/mol. The van der Waals surface area contributed by atoms with E-state index in [1.54, 1.807) is 26.5 Å². The van der Waals surface area contributed by atoms with Crippen molar-refractivity contribution >= 4 is 38.9 Å². The maximum Gasteiger partial charge on any atom is 0.174 e. The first-order chi connectivity index (χ1) is 17.0. The second kappa shape index (κ2) is 9.67. The largest absolute Gasteiger partial charge is 0.497 e. The van der Waals surface area contributed by atoms with Crippen LogP contribution in [-0.4, -0.2) is 24.3 Å². The minimum absolute atomic E-state index is 0.296. The number of thiocarbonyl (C=S) groups is 1. The van der Waals surface area contributed by atoms with Gasteiger partial charge in [-0.3, -0.25) is 4.98 Å². The van der Waals surface area contributed by atoms with Crippen molar-refractivity contribution in [1.29, 1.82) is 0 Å². The average molecular weight is 554 g/mol. The summed E-state index contributed by atoms with van der Waals surface area (Å²) in [4.78, 5) is 6.53. The molecular formula is C26H21BrFN3O3S. The maximum absolute atomic E-state index is 13.6. The molecule has 3 heterocycles. The average Bonchev–Trinajstić information content (AvgIpc) is 3.48. The lowest BCUT2D eigenvalue weighted by molar-refractivity contribution is 0.400. The number of hydrogen-bond acceptors (Lipinski definition) is 5. The number of methoxy groups -OCH3 is 2. The fourth-order valence-electron chi connectivity index (χ4n) is 4.23. The molecule has 0 radical (unpaired) electrons. The first-order valence-electron chi connectivity index (χ1n) is 10.8. The normalized spacial score (nSPS) is 17.4. The monoisotopic (exact) mass is 553 g/mol. The quantitative estimate of drug-likeness (QED) is 0.276. The lowest BCUT2D eigenvalue weighted by atomic mass is 10.0. The number of benzene rings is 2. The topological polar surface area (TPSA) is 59.8 Å². The highest BCUT2D eigenvalue weighted by molar-refractivity contribution is 9.10. The Morgan fingerprint density at radius 1 is 1.06 bits per heavy atom. The van der Waals surface area contributed by atoms with Crippen LogP contribution in [0.15, 0.2) is 81.8 Å². The molecule has 1 aliphatic rings. The molecule has 6 nitrogen and oxygen atoms in total. The van der Waals surface area contributed by atoms with E-state index in [0.717, 1.165) is 16.9 Å². The second-order valence-corrected chi connectivity index (χ2v) is 9.10. The summed E-state index contributed by atoms with van der Waals surface area (Å²) in [5.41, 5.74) is 2.28. The summed E-state index contributed by atoms with van der Waals surface area (Å²) in [5.74, 6) is 2.23. The van der Waals surface area contributed by atoms with Crippen molar-refractivity contribution in [3.8, 4) is 22.8 Å². The maximum atomic E-state index is 13.6. The Morgan fingerprint density at radius 3 is 2.63 bits per heavy atom. The molecule has 5 rings (SSSR count). The summed E-state index contributed by atoms with van der Waals surface area (Å²) in [6, 6.07) is 18.9. The first-order valence-corrected chi connectivity index (χ1v) is 12.0. The van der Waals surface area contributed by atoms with Gasteiger partial charge in [0.05, 0.1) is 31.6 Å². The number of ether oxygens (including phenoxy) is 2. The van der Waals surface area contributed by atoms with E-state index in [4.69, 9.17) is 26.1 Å². The minimum Gasteiger partial charge on any atom is -0.497 e. The summed E-state index contributed by atoms with van der Waals surface area (Å²) in [5, 5.41) is 3.90. The number of nitrogens with zero attached hydrogens (tertiary/aromatic N) is 2. The third kappa shape index (κ3) is 4.37. The highest BCUT2D eigenvalue weighted by Crippen LogP contribution is 2.46. The van der Waals surface area contributed by atoms with Crippen molar-refractivity contribution in [1.82, 2.24) is 10.3 Å². The van der Waals surface area contributed by atoms with E-state index in [2.05, 4.69) is 26.2 Å². The Hall–Kier alpha value is -3.43. The molecule has 0 aliphatic carbocycles. The van der Waals surface area contributed by atoms with Gasteiger partial charge in [-0.05, 0) is 82.7 Å². The Morgan fingerprint density at radius 2 is 1.91 bits per heavy atom. The van der Waals surface area contributed by atoms with Crippen LogP contribution < -0.4 is 19.7 Å². The lowest BCUT2D eigenvalue weighted by Gasteiger charge is -2.27. The number of aromatic nitrogens is 1. The van der Waals surface area contributed by atoms with Crippen molar-refractivity contribution in [2.24, 2.45) is 0 Å². The van der Waals surface area contributed by atoms with E-state index >= 15 is 0 Å². The Bertz CT molecular complexity index is 1380. The Balaban J connectivity index is 1.65. The number of furan rings is 1. The van der Waals surface area contributed by atoms with Crippen molar-refractivity contribution in [3.05, 3.63) is 94.7 Å². The van der Waals surface area contributed by atoms with E-state index in [0.29, 0.717) is 32.6 Å². The zero-order valence-electron chi connectivity index (χ0n) is 18.9. The SMILES string of the molecule is COc1ccc(OC)c(N2C(=S)N[C@H](c3ccccn3)[C@H]2c2ccc(-c3ccc(F)cc3Br)o2)c1. The zero-order chi connectivity index (χ0) is 24.5. The molecule has 0 saturated carbocycles. The number of hydrogen-bond donors (Lipinski definition) is 1. The van der Waals surface area contributed by atoms with Gasteiger partial charge in [-0.1, -0.05) is 6.07 Å². The summed E-state index contributed by atoms with van der Waals surface area (Å²) >= 11 is 9.23. The highest BCUT2D eigenvalue weighted by atomic mass is 79.9. The molecule has 178 valence electrons. The van der Waals surface area contributed by atoms with E-state index in [1.165, 1.54) is 12.1 Å². The van der Waals surface area contributed by atoms with Crippen LogP contribution in [0.3, 0.4) is 0 Å². The molecule has 35 heavy (non-hydrogen) atoms. The van der Waals surface area contributed by atoms with Gasteiger partial charge in [0.2, 0.25) is 0 Å². The minimum atomic E-state index is -0.383. The van der Waals surface area contributed by atoms with Crippen LogP contribution in [0.4, 0.5) is 10.1 Å². The van der Waals surface area contributed by atoms with Crippen LogP contribution in [0.5, 0.6) is 11.5 Å². The Labute approximate surface area is 215 Å². The van der Waals surface area contributed by atoms with Gasteiger partial charge in [0, 0.05) is 22.3 Å². The van der Waals surface area contributed by atoms with Crippen LogP contribution in [-0.2, 0) is 0 Å². The van der Waals surface area contributed by atoms with Gasteiger partial charge in [-0.15, -0.1) is 0 Å². The number of anilines is 1. The van der Waals surface area contributed by atoms with Crippen LogP contribution in [0.25, 0.3) is 11.3 Å². The van der Waals surface area contributed by atoms with Gasteiger partial charge in [0.1, 0.15) is 34.9 Å². The molecule has 2 atom stereocenters. The van der Waals surface area contributed by atoms with Crippen LogP contribution >= 0.6 is 28.1 Å². The van der Waals surface area contributed by atoms with Gasteiger partial charge >= 0.3 is 0 Å². The number of halogens is 2. The third-order valence-electron chi connectivity index (χ3n) is 5.86. The fourth-order valence-corrected chi connectivity index (χ4v) is 5.12. The lowest BCUT2D eigenvalue weighted by Crippen LogP contribution is -2.29. The third-order valence-corrected chi connectivity index (χ3v) is 6.83. The molecule has 2 aromatic carbocycles. The zero-order valence-corrected chi connectivity index (χ0v) is 21.3. The van der Waals surface area contributed by atoms with Crippen molar-refractivity contribution < 1.29 is 18.3 Å². The second-order valence-electron chi connectivity index (χ2n) is 7.86. The van der Waals surface area contributed by atoms with E-state index in [9.17, 15) is 4.39 Å². The number of rotatable bonds is 6. The van der Waals surface area contributed by atoms with E-state index in [1.807, 2.05) is 53.4 Å². The molecule has 1 N–H and O–H groups in total. The smallest absolute Gasteiger partial charge is 0.174 e. The molecule has 1 aliphatic heterocycles. The van der Waals surface area contributed by atoms with Gasteiger partial charge in [-0.25, -0.2) is 4.39 Å². The van der Waals surface area contributed by atoms with Crippen molar-refractivity contribution in [2.45, 2.75) is 12.1 Å². The standard InChI is InChI=1S/C26H21BrFN3O3S/c1-32-16-7-9-22(33-2)20(14-16)31-25(24(30-26(31)35)19-5-3-4-12-29-19)23-11-10-21(34-23)17-8-6-15(28)13-18(17)27/h3-14,24-25H,1-2H3,(H,30,35)/t24-,25-/m1/s1. The van der Waals surface area contributed by atoms with Crippen LogP contribution in [0.1, 0.15) is 23.5 Å². The molecule has 9 heteroatoms. The van der Waals surface area contributed by atoms with Gasteiger partial charge in [-0.2, -0.15) is 0 Å². The van der Waals surface area contributed by atoms with E-state index in [-0.39, 0.29) is 17.9 Å². The molecule has 0 unspecified atom stereocenters. The van der Waals surface area contributed by atoms with Crippen LogP contribution in [0.2, 0.25) is 0 Å². The molecule has 0 spiro atoms. The number of nitrogens with one attached hydrogen (secondary N) is 1. The molecule has 1 fully saturated rings. The van der Waals surface area contributed by atoms with Gasteiger partial charge in [0.25, 0.3) is 0 Å². The summed E-state index contributed by atoms with van der Waals surface area (Å²) in [6.45, 7) is 0. The molecule has 1 saturated heterocycles. The number of pyridine rings is 1. The van der Waals surface area contributed by atoms with Crippen molar-refractivity contribution in [2.75, 3.05) is 19.1 Å². The fraction of sp³-hybridized carbons (Fsp3) is 0.154. The summed E-state index contributed by atoms with van der Waals surface area (Å²) in [6.07, 6.45) is 1.75. The van der Waals surface area contributed by atoms with Gasteiger partial charge < -0.3 is 24.1 Å². The first kappa shape index (κ1) is 23.3. The summed E-state index contributed by atoms with van der Waals surface area (Å²) < 4.78 is 31.7.